The van der Waals surface area contributed by atoms with Gasteiger partial charge in [-0.15, -0.1) is 0 Å². The number of carbonyl (C=O) groups is 1. The minimum absolute atomic E-state index is 0.0537. The van der Waals surface area contributed by atoms with Crippen LogP contribution in [0.1, 0.15) is 29.8 Å². The van der Waals surface area contributed by atoms with Crippen LogP contribution in [0, 0.1) is 26.7 Å². The number of carbonyl (C=O) groups excluding carboxylic acids is 1. The zero-order valence-electron chi connectivity index (χ0n) is 17.4. The summed E-state index contributed by atoms with van der Waals surface area (Å²) in [4.78, 5) is 23.9. The third-order valence-corrected chi connectivity index (χ3v) is 5.92. The molecule has 0 bridgehead atoms. The van der Waals surface area contributed by atoms with Gasteiger partial charge in [0.15, 0.2) is 5.82 Å². The fourth-order valence-corrected chi connectivity index (χ4v) is 4.36. The molecule has 0 saturated carbocycles. The second kappa shape index (κ2) is 8.55. The summed E-state index contributed by atoms with van der Waals surface area (Å²) >= 11 is 3.46. The quantitative estimate of drug-likeness (QED) is 0.620. The van der Waals surface area contributed by atoms with Crippen LogP contribution < -0.4 is 10.2 Å². The van der Waals surface area contributed by atoms with Crippen LogP contribution >= 0.6 is 15.9 Å². The van der Waals surface area contributed by atoms with Crippen molar-refractivity contribution in [3.63, 3.8) is 0 Å². The van der Waals surface area contributed by atoms with Crippen molar-refractivity contribution in [2.45, 2.75) is 33.6 Å². The highest BCUT2D eigenvalue weighted by Crippen LogP contribution is 2.25. The van der Waals surface area contributed by atoms with E-state index < -0.39 is 0 Å². The first kappa shape index (κ1) is 20.5. The minimum atomic E-state index is -0.0890. The van der Waals surface area contributed by atoms with Crippen molar-refractivity contribution < 1.29 is 4.79 Å². The van der Waals surface area contributed by atoms with Gasteiger partial charge in [-0.2, -0.15) is 5.10 Å². The molecule has 7 nitrogen and oxygen atoms in total. The zero-order valence-corrected chi connectivity index (χ0v) is 19.0. The van der Waals surface area contributed by atoms with E-state index in [-0.39, 0.29) is 11.8 Å². The van der Waals surface area contributed by atoms with E-state index in [0.717, 1.165) is 58.1 Å². The van der Waals surface area contributed by atoms with Gasteiger partial charge in [0, 0.05) is 35.0 Å². The molecule has 3 heterocycles. The summed E-state index contributed by atoms with van der Waals surface area (Å²) < 4.78 is 2.83. The normalized spacial score (nSPS) is 16.5. The zero-order chi connectivity index (χ0) is 21.3. The highest BCUT2D eigenvalue weighted by molar-refractivity contribution is 9.10. The molecule has 0 aliphatic carbocycles. The average Bonchev–Trinajstić information content (AvgIpc) is 3.08. The van der Waals surface area contributed by atoms with E-state index in [1.165, 1.54) is 0 Å². The Hall–Kier alpha value is -2.74. The molecule has 1 aromatic carbocycles. The number of rotatable bonds is 4. The Morgan fingerprint density at radius 2 is 1.93 bits per heavy atom. The molecule has 2 aromatic heterocycles. The van der Waals surface area contributed by atoms with Gasteiger partial charge >= 0.3 is 0 Å². The van der Waals surface area contributed by atoms with Gasteiger partial charge in [0.05, 0.1) is 11.6 Å². The Bertz CT molecular complexity index is 1080. The number of nitrogens with zero attached hydrogens (tertiary/aromatic N) is 5. The van der Waals surface area contributed by atoms with E-state index in [2.05, 4.69) is 41.2 Å². The summed E-state index contributed by atoms with van der Waals surface area (Å²) in [6.45, 7) is 7.47. The number of benzene rings is 1. The Labute approximate surface area is 184 Å². The fraction of sp³-hybridized carbons (Fsp3) is 0.364. The summed E-state index contributed by atoms with van der Waals surface area (Å²) in [6.07, 6.45) is 3.37. The van der Waals surface area contributed by atoms with Crippen LogP contribution in [0.4, 0.5) is 11.5 Å². The van der Waals surface area contributed by atoms with E-state index in [4.69, 9.17) is 0 Å². The molecule has 1 amide bonds. The molecule has 30 heavy (non-hydrogen) atoms. The maximum Gasteiger partial charge on any atom is 0.229 e. The molecule has 1 N–H and O–H groups in total. The first-order valence-electron chi connectivity index (χ1n) is 10.1. The first-order valence-corrected chi connectivity index (χ1v) is 10.9. The Balaban J connectivity index is 1.49. The van der Waals surface area contributed by atoms with Crippen LogP contribution in [0.2, 0.25) is 0 Å². The molecule has 3 aromatic rings. The van der Waals surface area contributed by atoms with Gasteiger partial charge in [-0.05, 0) is 63.4 Å². The van der Waals surface area contributed by atoms with Crippen LogP contribution in [0.5, 0.6) is 0 Å². The molecule has 1 aliphatic rings. The fourth-order valence-electron chi connectivity index (χ4n) is 3.89. The van der Waals surface area contributed by atoms with Crippen LogP contribution in [-0.4, -0.2) is 38.7 Å². The van der Waals surface area contributed by atoms with E-state index >= 15 is 0 Å². The molecule has 1 atom stereocenters. The standard InChI is InChI=1S/C22H25BrN6O/c1-14-9-18(23)6-7-19(14)26-22(30)17-5-4-8-28(12-17)20-11-21(25-13-24-20)29-16(3)10-15(2)27-29/h6-7,9-11,13,17H,4-5,8,12H2,1-3H3,(H,26,30). The van der Waals surface area contributed by atoms with Crippen LogP contribution in [0.25, 0.3) is 5.82 Å². The molecule has 156 valence electrons. The molecule has 1 saturated heterocycles. The Morgan fingerprint density at radius 1 is 1.13 bits per heavy atom. The second-order valence-electron chi connectivity index (χ2n) is 7.81. The van der Waals surface area contributed by atoms with Crippen LogP contribution in [0.15, 0.2) is 41.1 Å². The van der Waals surface area contributed by atoms with Crippen molar-refractivity contribution in [3.8, 4) is 5.82 Å². The largest absolute Gasteiger partial charge is 0.356 e. The topological polar surface area (TPSA) is 75.9 Å². The van der Waals surface area contributed by atoms with Gasteiger partial charge in [0.25, 0.3) is 0 Å². The smallest absolute Gasteiger partial charge is 0.229 e. The van der Waals surface area contributed by atoms with E-state index in [0.29, 0.717) is 6.54 Å². The Kier molecular flexibility index (Phi) is 5.85. The summed E-state index contributed by atoms with van der Waals surface area (Å²) in [7, 11) is 0. The van der Waals surface area contributed by atoms with Crippen LogP contribution in [-0.2, 0) is 4.79 Å². The van der Waals surface area contributed by atoms with Gasteiger partial charge < -0.3 is 10.2 Å². The molecule has 1 unspecified atom stereocenters. The first-order chi connectivity index (χ1) is 14.4. The molecule has 1 fully saturated rings. The predicted molar refractivity (Wildman–Crippen MR) is 121 cm³/mol. The van der Waals surface area contributed by atoms with Crippen molar-refractivity contribution in [1.82, 2.24) is 19.7 Å². The average molecular weight is 469 g/mol. The van der Waals surface area contributed by atoms with Crippen LogP contribution in [0.3, 0.4) is 0 Å². The summed E-state index contributed by atoms with van der Waals surface area (Å²) in [5, 5.41) is 7.60. The molecule has 4 rings (SSSR count). The number of piperidine rings is 1. The third-order valence-electron chi connectivity index (χ3n) is 5.43. The number of anilines is 2. The number of hydrogen-bond donors (Lipinski definition) is 1. The highest BCUT2D eigenvalue weighted by Gasteiger charge is 2.27. The number of nitrogens with one attached hydrogen (secondary N) is 1. The second-order valence-corrected chi connectivity index (χ2v) is 8.72. The van der Waals surface area contributed by atoms with E-state index in [1.807, 2.05) is 55.8 Å². The minimum Gasteiger partial charge on any atom is -0.356 e. The third kappa shape index (κ3) is 4.38. The maximum atomic E-state index is 12.9. The predicted octanol–water partition coefficient (Wildman–Crippen LogP) is 4.21. The maximum absolute atomic E-state index is 12.9. The number of hydrogen-bond acceptors (Lipinski definition) is 5. The molecule has 0 radical (unpaired) electrons. The summed E-state index contributed by atoms with van der Waals surface area (Å²) in [5.74, 6) is 1.53. The summed E-state index contributed by atoms with van der Waals surface area (Å²) in [6, 6.07) is 9.84. The van der Waals surface area contributed by atoms with Crippen molar-refractivity contribution >= 4 is 33.3 Å². The molecular weight excluding hydrogens is 444 g/mol. The van der Waals surface area contributed by atoms with Crippen molar-refractivity contribution in [2.24, 2.45) is 5.92 Å². The highest BCUT2D eigenvalue weighted by atomic mass is 79.9. The molecular formula is C22H25BrN6O. The lowest BCUT2D eigenvalue weighted by atomic mass is 9.97. The number of aryl methyl sites for hydroxylation is 3. The van der Waals surface area contributed by atoms with Crippen molar-refractivity contribution in [3.05, 3.63) is 58.1 Å². The SMILES string of the molecule is Cc1cc(C)n(-c2cc(N3CCCC(C(=O)Nc4ccc(Br)cc4C)C3)ncn2)n1. The lowest BCUT2D eigenvalue weighted by Crippen LogP contribution is -2.41. The number of halogens is 1. The Morgan fingerprint density at radius 3 is 2.67 bits per heavy atom. The van der Waals surface area contributed by atoms with Crippen molar-refractivity contribution in [2.75, 3.05) is 23.3 Å². The summed E-state index contributed by atoms with van der Waals surface area (Å²) in [5.41, 5.74) is 3.87. The van der Waals surface area contributed by atoms with Crippen molar-refractivity contribution in [1.29, 1.82) is 0 Å². The van der Waals surface area contributed by atoms with Gasteiger partial charge in [-0.3, -0.25) is 4.79 Å². The molecule has 1 aliphatic heterocycles. The van der Waals surface area contributed by atoms with Gasteiger partial charge in [0.2, 0.25) is 5.91 Å². The monoisotopic (exact) mass is 468 g/mol. The molecule has 0 spiro atoms. The number of aromatic nitrogens is 4. The van der Waals surface area contributed by atoms with E-state index in [9.17, 15) is 4.79 Å². The number of amides is 1. The van der Waals surface area contributed by atoms with Gasteiger partial charge in [-0.25, -0.2) is 14.6 Å². The lowest BCUT2D eigenvalue weighted by molar-refractivity contribution is -0.120. The lowest BCUT2D eigenvalue weighted by Gasteiger charge is -2.33. The van der Waals surface area contributed by atoms with E-state index in [1.54, 1.807) is 6.33 Å². The molecule has 8 heteroatoms. The van der Waals surface area contributed by atoms with Gasteiger partial charge in [-0.1, -0.05) is 15.9 Å². The van der Waals surface area contributed by atoms with Gasteiger partial charge in [0.1, 0.15) is 12.1 Å².